The van der Waals surface area contributed by atoms with E-state index in [1.165, 1.54) is 80.8 Å². The van der Waals surface area contributed by atoms with Crippen LogP contribution in [0.5, 0.6) is 0 Å². The first-order valence-corrected chi connectivity index (χ1v) is 35.9. The van der Waals surface area contributed by atoms with E-state index in [9.17, 15) is 33.9 Å². The molecule has 5 rings (SSSR count). The number of aliphatic hydroxyl groups is 1. The summed E-state index contributed by atoms with van der Waals surface area (Å²) in [5.41, 5.74) is 2.04. The van der Waals surface area contributed by atoms with E-state index in [4.69, 9.17) is 4.74 Å². The zero-order valence-electron chi connectivity index (χ0n) is 62.9. The summed E-state index contributed by atoms with van der Waals surface area (Å²) >= 11 is 0. The summed E-state index contributed by atoms with van der Waals surface area (Å²) in [7, 11) is 9.67. The van der Waals surface area contributed by atoms with Gasteiger partial charge in [-0.05, 0) is 79.4 Å². The van der Waals surface area contributed by atoms with Crippen LogP contribution in [0.3, 0.4) is 0 Å². The highest BCUT2D eigenvalue weighted by atomic mass is 16.5. The Kier molecular flexibility index (Phi) is 33.0. The fourth-order valence-corrected chi connectivity index (χ4v) is 12.8. The number of amides is 12. The van der Waals surface area contributed by atoms with Gasteiger partial charge in [0.1, 0.15) is 54.4 Å². The number of hydrogen-bond donors (Lipinski definition) is 5. The summed E-state index contributed by atoms with van der Waals surface area (Å²) in [6, 6.07) is 14.3. The van der Waals surface area contributed by atoms with Gasteiger partial charge in [-0.1, -0.05) is 159 Å². The van der Waals surface area contributed by atoms with E-state index in [1.54, 1.807) is 79.4 Å². The predicted molar refractivity (Wildman–Crippen MR) is 387 cm³/mol. The van der Waals surface area contributed by atoms with Crippen LogP contribution in [0.4, 0.5) is 0 Å². The number of nitrogens with one attached hydrogen (secondary N) is 4. The van der Waals surface area contributed by atoms with E-state index in [0.29, 0.717) is 49.9 Å². The molecular formula is C76H114N12O14. The number of nitrogens with zero attached hydrogens (tertiary/aromatic N) is 8. The average molecular weight is 1420 g/mol. The SMILES string of the molecule is CC[C@H](C)[C@@H]1NC(=O)[C@H](Cc2ccccc2)N(C)C(=O)CN(C)C(=O)C[C@@H](C(=O)N2CCCCC2)NC(=O)[C@H]([C@@H](C)CC)N(C)C(=O)C(COCc2ccccc2)NC(=O)[C@H](CC(C)C)N(C)C(=O)[C@H](Cc2ccccc2)N(C)C(=O)CN(C)C(=O)[C@H]([C@@H](C)O)NC(=O)[C@H](CC(C)C)N(C)C1=O. The van der Waals surface area contributed by atoms with Crippen molar-refractivity contribution in [3.05, 3.63) is 108 Å². The number of ether oxygens (including phenoxy) is 1. The molecule has 0 radical (unpaired) electrons. The van der Waals surface area contributed by atoms with E-state index in [2.05, 4.69) is 21.3 Å². The molecule has 1 unspecified atom stereocenters. The van der Waals surface area contributed by atoms with Crippen molar-refractivity contribution < 1.29 is 67.4 Å². The second-order valence-corrected chi connectivity index (χ2v) is 28.6. The predicted octanol–water partition coefficient (Wildman–Crippen LogP) is 3.66. The Balaban J connectivity index is 1.68. The molecule has 2 aliphatic rings. The van der Waals surface area contributed by atoms with E-state index in [-0.39, 0.29) is 44.1 Å². The van der Waals surface area contributed by atoms with Crippen molar-refractivity contribution in [3.63, 3.8) is 0 Å². The van der Waals surface area contributed by atoms with E-state index in [1.807, 2.05) is 71.9 Å². The van der Waals surface area contributed by atoms with Gasteiger partial charge in [0.2, 0.25) is 70.9 Å². The maximum atomic E-state index is 15.4. The summed E-state index contributed by atoms with van der Waals surface area (Å²) in [6.45, 7) is 14.8. The van der Waals surface area contributed by atoms with Gasteiger partial charge in [0.15, 0.2) is 0 Å². The number of carbonyl (C=O) groups excluding carboxylic acids is 12. The Morgan fingerprint density at radius 3 is 1.42 bits per heavy atom. The van der Waals surface area contributed by atoms with Crippen molar-refractivity contribution >= 4 is 70.9 Å². The Bertz CT molecular complexity index is 3300. The molecule has 2 saturated heterocycles. The van der Waals surface area contributed by atoms with Crippen molar-refractivity contribution in [2.45, 2.75) is 194 Å². The molecule has 3 aromatic carbocycles. The van der Waals surface area contributed by atoms with Crippen LogP contribution in [0.2, 0.25) is 0 Å². The summed E-state index contributed by atoms with van der Waals surface area (Å²) in [4.78, 5) is 189. The molecule has 3 aromatic rings. The number of carbonyl (C=O) groups is 12. The molecule has 0 aliphatic carbocycles. The Morgan fingerprint density at radius 1 is 0.471 bits per heavy atom. The molecule has 2 heterocycles. The van der Waals surface area contributed by atoms with Crippen molar-refractivity contribution in [1.29, 1.82) is 0 Å². The number of rotatable bonds is 18. The molecule has 12 atom stereocenters. The topological polar surface area (TPSA) is 308 Å². The van der Waals surface area contributed by atoms with Gasteiger partial charge >= 0.3 is 0 Å². The van der Waals surface area contributed by atoms with Gasteiger partial charge in [0.05, 0.1) is 38.8 Å². The smallest absolute Gasteiger partial charge is 0.248 e. The quantitative estimate of drug-likeness (QED) is 0.122. The maximum Gasteiger partial charge on any atom is 0.248 e. The van der Waals surface area contributed by atoms with Crippen LogP contribution in [0.1, 0.15) is 130 Å². The first kappa shape index (κ1) is 83.9. The molecule has 0 spiro atoms. The largest absolute Gasteiger partial charge is 0.391 e. The van der Waals surface area contributed by atoms with Crippen LogP contribution < -0.4 is 21.3 Å². The van der Waals surface area contributed by atoms with Gasteiger partial charge in [0.25, 0.3) is 0 Å². The average Bonchev–Trinajstić information content (AvgIpc) is 0.823. The molecule has 0 saturated carbocycles. The van der Waals surface area contributed by atoms with Crippen molar-refractivity contribution in [1.82, 2.24) is 60.5 Å². The fourth-order valence-electron chi connectivity index (χ4n) is 12.8. The van der Waals surface area contributed by atoms with Gasteiger partial charge in [-0.15, -0.1) is 0 Å². The highest BCUT2D eigenvalue weighted by Gasteiger charge is 2.44. The van der Waals surface area contributed by atoms with Gasteiger partial charge < -0.3 is 70.3 Å². The van der Waals surface area contributed by atoms with Crippen LogP contribution >= 0.6 is 0 Å². The molecular weight excluding hydrogens is 1300 g/mol. The molecule has 26 heteroatoms. The second kappa shape index (κ2) is 40.2. The fraction of sp³-hybridized carbons (Fsp3) is 0.605. The van der Waals surface area contributed by atoms with Crippen molar-refractivity contribution in [2.75, 3.05) is 82.1 Å². The van der Waals surface area contributed by atoms with Gasteiger partial charge in [-0.25, -0.2) is 0 Å². The molecule has 0 aromatic heterocycles. The standard InChI is InChI=1S/C76H114N12O14/c1-17-50(7)65-76(101)86(15)59(40-49(5)6)69(94)80-66(52(9)89)75(100)82(11)45-64(92)84(13)61(42-54-33-25-20-26-34-54)74(99)85(14)58(39-48(3)4)68(93)78-57(47-102-46-55-35-27-21-28-36-55)72(97)87(16)67(51(8)18-2)71(96)77-56(73(98)88-37-29-22-30-38-88)43-62(90)81(10)44-63(91)83(12)60(70(95)79-65)41-53-31-23-19-24-32-53/h19-21,23-28,31-36,48-52,56-61,65-67,89H,17-18,22,29-30,37-47H2,1-16H3,(H,77,96)(H,78,93)(H,79,95)(H,80,94)/t50-,51-,52+,56-,57?,58-,59-,60-,61-,65-,66-,67-/m0/s1. The lowest BCUT2D eigenvalue weighted by atomic mass is 9.94. The number of benzene rings is 3. The van der Waals surface area contributed by atoms with Gasteiger partial charge in [-0.2, -0.15) is 0 Å². The third-order valence-electron chi connectivity index (χ3n) is 19.7. The summed E-state index contributed by atoms with van der Waals surface area (Å²) in [5.74, 6) is -10.5. The summed E-state index contributed by atoms with van der Waals surface area (Å²) in [5, 5.41) is 22.6. The highest BCUT2D eigenvalue weighted by molar-refractivity contribution is 6.00. The van der Waals surface area contributed by atoms with Crippen molar-refractivity contribution in [2.24, 2.45) is 23.7 Å². The van der Waals surface area contributed by atoms with Crippen LogP contribution in [-0.2, 0) is 81.7 Å². The minimum Gasteiger partial charge on any atom is -0.391 e. The van der Waals surface area contributed by atoms with E-state index in [0.717, 1.165) is 21.8 Å². The summed E-state index contributed by atoms with van der Waals surface area (Å²) < 4.78 is 6.19. The zero-order valence-corrected chi connectivity index (χ0v) is 62.9. The minimum absolute atomic E-state index is 0.00944. The monoisotopic (exact) mass is 1420 g/mol. The third-order valence-corrected chi connectivity index (χ3v) is 19.7. The number of likely N-dealkylation sites (N-methyl/N-ethyl adjacent to an activating group) is 7. The molecule has 12 amide bonds. The normalized spacial score (nSPS) is 24.5. The lowest BCUT2D eigenvalue weighted by Crippen LogP contribution is -2.62. The molecule has 26 nitrogen and oxygen atoms in total. The van der Waals surface area contributed by atoms with E-state index < -0.39 is 169 Å². The first-order valence-electron chi connectivity index (χ1n) is 35.9. The van der Waals surface area contributed by atoms with E-state index >= 15 is 28.8 Å². The number of likely N-dealkylation sites (tertiary alicyclic amines) is 1. The highest BCUT2D eigenvalue weighted by Crippen LogP contribution is 2.24. The molecule has 2 fully saturated rings. The Hall–Kier alpha value is -8.78. The number of piperidine rings is 1. The number of aliphatic hydroxyl groups excluding tert-OH is 1. The number of hydrogen-bond acceptors (Lipinski definition) is 14. The molecule has 562 valence electrons. The van der Waals surface area contributed by atoms with Crippen LogP contribution in [-0.4, -0.2) is 258 Å². The first-order chi connectivity index (χ1) is 48.2. The Labute approximate surface area is 603 Å². The summed E-state index contributed by atoms with van der Waals surface area (Å²) in [6.07, 6.45) is 0.733. The molecule has 102 heavy (non-hydrogen) atoms. The second-order valence-electron chi connectivity index (χ2n) is 28.6. The Morgan fingerprint density at radius 2 is 0.922 bits per heavy atom. The van der Waals surface area contributed by atoms with Gasteiger partial charge in [-0.3, -0.25) is 57.5 Å². The van der Waals surface area contributed by atoms with Crippen LogP contribution in [0.15, 0.2) is 91.0 Å². The molecule has 2 aliphatic heterocycles. The maximum absolute atomic E-state index is 15.4. The third kappa shape index (κ3) is 23.6. The lowest BCUT2D eigenvalue weighted by Gasteiger charge is -2.38. The zero-order chi connectivity index (χ0) is 75.8. The molecule has 5 N–H and O–H groups in total. The van der Waals surface area contributed by atoms with Crippen LogP contribution in [0, 0.1) is 23.7 Å². The minimum atomic E-state index is -1.67. The van der Waals surface area contributed by atoms with Crippen molar-refractivity contribution in [3.8, 4) is 0 Å². The van der Waals surface area contributed by atoms with Crippen LogP contribution in [0.25, 0.3) is 0 Å². The van der Waals surface area contributed by atoms with Gasteiger partial charge in [0, 0.05) is 75.3 Å². The lowest BCUT2D eigenvalue weighted by molar-refractivity contribution is -0.151. The molecule has 0 bridgehead atoms.